The summed E-state index contributed by atoms with van der Waals surface area (Å²) in [6, 6.07) is 8.22. The molecule has 4 rings (SSSR count). The van der Waals surface area contributed by atoms with Crippen LogP contribution in [0.2, 0.25) is 0 Å². The van der Waals surface area contributed by atoms with Crippen molar-refractivity contribution >= 4 is 16.9 Å². The minimum absolute atomic E-state index is 0.0816. The molecule has 0 bridgehead atoms. The molecule has 130 valence electrons. The first-order valence-corrected chi connectivity index (χ1v) is 8.17. The Balaban J connectivity index is 1.65. The molecule has 3 aromatic heterocycles. The van der Waals surface area contributed by atoms with Crippen LogP contribution >= 0.6 is 0 Å². The number of Topliss-reactive ketones (excluding diaryl/α,β-unsaturated/α-hetero) is 1. The molecule has 7 heteroatoms. The van der Waals surface area contributed by atoms with Crippen molar-refractivity contribution in [1.82, 2.24) is 25.1 Å². The average Bonchev–Trinajstić information content (AvgIpc) is 3.19. The highest BCUT2D eigenvalue weighted by molar-refractivity contribution is 5.97. The fourth-order valence-electron chi connectivity index (χ4n) is 2.85. The lowest BCUT2D eigenvalue weighted by molar-refractivity contribution is 0.0987. The first kappa shape index (κ1) is 16.1. The summed E-state index contributed by atoms with van der Waals surface area (Å²) in [5, 5.41) is 6.89. The van der Waals surface area contributed by atoms with Gasteiger partial charge in [-0.2, -0.15) is 5.10 Å². The van der Waals surface area contributed by atoms with Gasteiger partial charge in [-0.05, 0) is 37.6 Å². The van der Waals surface area contributed by atoms with E-state index in [-0.39, 0.29) is 18.0 Å². The number of carbonyl (C=O) groups excluding carboxylic acids is 1. The number of nitrogens with zero attached hydrogens (tertiary/aromatic N) is 3. The van der Waals surface area contributed by atoms with Gasteiger partial charge in [-0.1, -0.05) is 12.1 Å². The van der Waals surface area contributed by atoms with Crippen molar-refractivity contribution in [3.63, 3.8) is 0 Å². The molecule has 3 heterocycles. The maximum Gasteiger partial charge on any atom is 0.187 e. The Hall–Kier alpha value is -3.35. The number of aryl methyl sites for hydroxylation is 1. The molecule has 0 aliphatic heterocycles. The van der Waals surface area contributed by atoms with Crippen LogP contribution in [0.1, 0.15) is 27.3 Å². The number of aromatic amines is 2. The van der Waals surface area contributed by atoms with E-state index in [4.69, 9.17) is 0 Å². The molecule has 0 radical (unpaired) electrons. The van der Waals surface area contributed by atoms with Crippen molar-refractivity contribution in [2.24, 2.45) is 0 Å². The largest absolute Gasteiger partial charge is 0.336 e. The molecule has 0 saturated heterocycles. The minimum Gasteiger partial charge on any atom is -0.336 e. The number of fused-ring (bicyclic) bond motifs is 1. The predicted molar refractivity (Wildman–Crippen MR) is 95.4 cm³/mol. The summed E-state index contributed by atoms with van der Waals surface area (Å²) in [5.74, 6) is -0.0268. The van der Waals surface area contributed by atoms with Gasteiger partial charge >= 0.3 is 0 Å². The summed E-state index contributed by atoms with van der Waals surface area (Å²) in [6.07, 6.45) is 1.79. The molecule has 4 aromatic rings. The fourth-order valence-corrected chi connectivity index (χ4v) is 2.85. The Morgan fingerprint density at radius 3 is 2.77 bits per heavy atom. The third-order valence-corrected chi connectivity index (χ3v) is 4.40. The standard InChI is InChI=1S/C19H16FN5O/c1-10-11(2)24-25-17(10)16(26)8-12-7-15-19(21-9-12)23-18(22-15)13-5-3-4-6-14(13)20/h3-7,9H,8H2,1-2H3,(H,24,25)(H,21,22,23). The number of halogens is 1. The highest BCUT2D eigenvalue weighted by Crippen LogP contribution is 2.23. The number of H-pyrrole nitrogens is 2. The maximum absolute atomic E-state index is 13.9. The van der Waals surface area contributed by atoms with Gasteiger partial charge in [-0.3, -0.25) is 9.89 Å². The zero-order valence-electron chi connectivity index (χ0n) is 14.3. The van der Waals surface area contributed by atoms with Crippen LogP contribution in [-0.2, 0) is 6.42 Å². The van der Waals surface area contributed by atoms with E-state index in [2.05, 4.69) is 25.1 Å². The highest BCUT2D eigenvalue weighted by Gasteiger charge is 2.16. The molecule has 0 aliphatic rings. The Labute approximate surface area is 148 Å². The first-order valence-electron chi connectivity index (χ1n) is 8.17. The monoisotopic (exact) mass is 349 g/mol. The highest BCUT2D eigenvalue weighted by atomic mass is 19.1. The number of nitrogens with one attached hydrogen (secondary N) is 2. The summed E-state index contributed by atoms with van der Waals surface area (Å²) >= 11 is 0. The number of aromatic nitrogens is 5. The lowest BCUT2D eigenvalue weighted by Crippen LogP contribution is -2.06. The predicted octanol–water partition coefficient (Wildman–Crippen LogP) is 3.53. The second-order valence-electron chi connectivity index (χ2n) is 6.20. The molecule has 0 atom stereocenters. The number of ketones is 1. The van der Waals surface area contributed by atoms with Crippen LogP contribution in [-0.4, -0.2) is 30.9 Å². The SMILES string of the molecule is Cc1[nH]nc(C(=O)Cc2cnc3nc(-c4ccccc4F)[nH]c3c2)c1C. The van der Waals surface area contributed by atoms with Crippen LogP contribution in [0, 0.1) is 19.7 Å². The van der Waals surface area contributed by atoms with E-state index in [0.717, 1.165) is 16.8 Å². The lowest BCUT2D eigenvalue weighted by Gasteiger charge is -2.00. The van der Waals surface area contributed by atoms with Gasteiger partial charge in [0, 0.05) is 23.9 Å². The van der Waals surface area contributed by atoms with Crippen LogP contribution in [0.15, 0.2) is 36.5 Å². The van der Waals surface area contributed by atoms with Crippen LogP contribution in [0.4, 0.5) is 4.39 Å². The second-order valence-corrected chi connectivity index (χ2v) is 6.20. The zero-order valence-corrected chi connectivity index (χ0v) is 14.3. The Morgan fingerprint density at radius 1 is 1.23 bits per heavy atom. The number of hydrogen-bond donors (Lipinski definition) is 2. The smallest absolute Gasteiger partial charge is 0.187 e. The molecule has 0 amide bonds. The molecule has 2 N–H and O–H groups in total. The van der Waals surface area contributed by atoms with Crippen LogP contribution < -0.4 is 0 Å². The molecule has 6 nitrogen and oxygen atoms in total. The van der Waals surface area contributed by atoms with Crippen molar-refractivity contribution in [2.75, 3.05) is 0 Å². The van der Waals surface area contributed by atoms with Crippen molar-refractivity contribution in [3.05, 3.63) is 64.9 Å². The molecule has 0 spiro atoms. The Morgan fingerprint density at radius 2 is 2.04 bits per heavy atom. The molecular formula is C19H16FN5O. The fraction of sp³-hybridized carbons (Fsp3) is 0.158. The van der Waals surface area contributed by atoms with Gasteiger partial charge in [0.2, 0.25) is 0 Å². The number of pyridine rings is 1. The summed E-state index contributed by atoms with van der Waals surface area (Å²) in [6.45, 7) is 3.74. The normalized spacial score (nSPS) is 11.2. The van der Waals surface area contributed by atoms with E-state index < -0.39 is 0 Å². The van der Waals surface area contributed by atoms with Gasteiger partial charge in [0.1, 0.15) is 17.3 Å². The zero-order chi connectivity index (χ0) is 18.3. The number of rotatable bonds is 4. The molecule has 26 heavy (non-hydrogen) atoms. The van der Waals surface area contributed by atoms with Crippen LogP contribution in [0.5, 0.6) is 0 Å². The van der Waals surface area contributed by atoms with E-state index in [1.165, 1.54) is 6.07 Å². The van der Waals surface area contributed by atoms with Gasteiger partial charge in [0.25, 0.3) is 0 Å². The summed E-state index contributed by atoms with van der Waals surface area (Å²) < 4.78 is 13.9. The van der Waals surface area contributed by atoms with E-state index in [9.17, 15) is 9.18 Å². The number of benzene rings is 1. The lowest BCUT2D eigenvalue weighted by atomic mass is 10.1. The minimum atomic E-state index is -0.355. The van der Waals surface area contributed by atoms with Crippen molar-refractivity contribution in [3.8, 4) is 11.4 Å². The number of carbonyl (C=O) groups is 1. The Kier molecular flexibility index (Phi) is 3.84. The average molecular weight is 349 g/mol. The van der Waals surface area contributed by atoms with Gasteiger partial charge in [0.05, 0.1) is 11.1 Å². The van der Waals surface area contributed by atoms with Crippen LogP contribution in [0.3, 0.4) is 0 Å². The van der Waals surface area contributed by atoms with Crippen molar-refractivity contribution < 1.29 is 9.18 Å². The van der Waals surface area contributed by atoms with Gasteiger partial charge in [0.15, 0.2) is 11.4 Å². The molecule has 0 aliphatic carbocycles. The third kappa shape index (κ3) is 2.77. The van der Waals surface area contributed by atoms with E-state index in [1.54, 1.807) is 24.4 Å². The first-order chi connectivity index (χ1) is 12.5. The van der Waals surface area contributed by atoms with Crippen molar-refractivity contribution in [1.29, 1.82) is 0 Å². The Bertz CT molecular complexity index is 1130. The molecule has 0 unspecified atom stereocenters. The quantitative estimate of drug-likeness (QED) is 0.552. The maximum atomic E-state index is 13.9. The topological polar surface area (TPSA) is 87.3 Å². The third-order valence-electron chi connectivity index (χ3n) is 4.40. The summed E-state index contributed by atoms with van der Waals surface area (Å²) in [7, 11) is 0. The summed E-state index contributed by atoms with van der Waals surface area (Å²) in [4.78, 5) is 24.2. The van der Waals surface area contributed by atoms with E-state index in [1.807, 2.05) is 19.9 Å². The number of hydrogen-bond acceptors (Lipinski definition) is 4. The van der Waals surface area contributed by atoms with Crippen molar-refractivity contribution in [2.45, 2.75) is 20.3 Å². The molecule has 0 saturated carbocycles. The van der Waals surface area contributed by atoms with Gasteiger partial charge < -0.3 is 4.98 Å². The van der Waals surface area contributed by atoms with E-state index in [0.29, 0.717) is 28.2 Å². The number of imidazole rings is 1. The molecular weight excluding hydrogens is 333 g/mol. The summed E-state index contributed by atoms with van der Waals surface area (Å²) in [5.41, 5.74) is 4.43. The van der Waals surface area contributed by atoms with E-state index >= 15 is 0 Å². The molecule has 1 aromatic carbocycles. The van der Waals surface area contributed by atoms with Gasteiger partial charge in [-0.25, -0.2) is 14.4 Å². The second kappa shape index (κ2) is 6.18. The van der Waals surface area contributed by atoms with Crippen LogP contribution in [0.25, 0.3) is 22.6 Å². The molecule has 0 fully saturated rings. The van der Waals surface area contributed by atoms with Gasteiger partial charge in [-0.15, -0.1) is 0 Å².